The van der Waals surface area contributed by atoms with Crippen molar-refractivity contribution in [2.75, 3.05) is 16.3 Å². The number of hydrogen-bond acceptors (Lipinski definition) is 5. The Morgan fingerprint density at radius 1 is 0.871 bits per heavy atom. The lowest BCUT2D eigenvalue weighted by Gasteiger charge is -2.15. The van der Waals surface area contributed by atoms with Gasteiger partial charge >= 0.3 is 0 Å². The Balaban J connectivity index is 1.90. The van der Waals surface area contributed by atoms with Crippen molar-refractivity contribution in [3.63, 3.8) is 0 Å². The second-order valence-electron chi connectivity index (χ2n) is 7.02. The highest BCUT2D eigenvalue weighted by Gasteiger charge is 2.19. The molecule has 1 amide bonds. The van der Waals surface area contributed by atoms with Crippen LogP contribution in [0.3, 0.4) is 0 Å². The van der Waals surface area contributed by atoms with Gasteiger partial charge in [0.15, 0.2) is 0 Å². The van der Waals surface area contributed by atoms with Crippen molar-refractivity contribution in [3.8, 4) is 0 Å². The van der Waals surface area contributed by atoms with E-state index in [9.17, 15) is 13.2 Å². The zero-order chi connectivity index (χ0) is 22.4. The molecule has 3 aromatic carbocycles. The molecular weight excluding hydrogens is 448 g/mol. The summed E-state index contributed by atoms with van der Waals surface area (Å²) in [5, 5.41) is 2.83. The van der Waals surface area contributed by atoms with Crippen LogP contribution in [-0.2, 0) is 14.8 Å². The fourth-order valence-corrected chi connectivity index (χ4v) is 5.32. The van der Waals surface area contributed by atoms with Gasteiger partial charge in [-0.05, 0) is 48.7 Å². The summed E-state index contributed by atoms with van der Waals surface area (Å²) < 4.78 is 29.0. The molecule has 162 valence electrons. The Morgan fingerprint density at radius 2 is 1.55 bits per heavy atom. The molecular formula is C23H24N2O3S3. The van der Waals surface area contributed by atoms with Crippen molar-refractivity contribution < 1.29 is 13.2 Å². The zero-order valence-corrected chi connectivity index (χ0v) is 19.9. The normalized spacial score (nSPS) is 11.4. The summed E-state index contributed by atoms with van der Waals surface area (Å²) in [7, 11) is -3.86. The third-order valence-electron chi connectivity index (χ3n) is 4.37. The number of carbonyl (C=O) groups excluding carboxylic acids is 1. The van der Waals surface area contributed by atoms with Gasteiger partial charge in [0, 0.05) is 20.6 Å². The molecule has 8 heteroatoms. The third-order valence-corrected chi connectivity index (χ3v) is 7.61. The smallest absolute Gasteiger partial charge is 0.262 e. The molecule has 3 rings (SSSR count). The van der Waals surface area contributed by atoms with Crippen LogP contribution in [0.4, 0.5) is 11.4 Å². The van der Waals surface area contributed by atoms with Crippen LogP contribution in [0.2, 0.25) is 0 Å². The van der Waals surface area contributed by atoms with Gasteiger partial charge in [-0.3, -0.25) is 9.52 Å². The average Bonchev–Trinajstić information content (AvgIpc) is 2.75. The number of carbonyl (C=O) groups is 1. The molecule has 0 heterocycles. The van der Waals surface area contributed by atoms with Gasteiger partial charge in [0.1, 0.15) is 0 Å². The number of thioether (sulfide) groups is 1. The maximum atomic E-state index is 13.1. The van der Waals surface area contributed by atoms with Crippen molar-refractivity contribution in [2.45, 2.75) is 33.4 Å². The Bertz CT molecular complexity index is 1160. The molecule has 0 saturated heterocycles. The summed E-state index contributed by atoms with van der Waals surface area (Å²) in [5.41, 5.74) is 0.985. The maximum absolute atomic E-state index is 13.1. The number of rotatable bonds is 8. The molecule has 0 saturated carbocycles. The highest BCUT2D eigenvalue weighted by atomic mass is 32.2. The largest absolute Gasteiger partial charge is 0.325 e. The van der Waals surface area contributed by atoms with E-state index in [2.05, 4.69) is 10.0 Å². The van der Waals surface area contributed by atoms with E-state index in [0.717, 1.165) is 14.7 Å². The summed E-state index contributed by atoms with van der Waals surface area (Å²) in [6.45, 7) is 3.58. The van der Waals surface area contributed by atoms with Gasteiger partial charge in [-0.1, -0.05) is 55.9 Å². The Morgan fingerprint density at radius 3 is 2.23 bits per heavy atom. The molecule has 3 aromatic rings. The summed E-state index contributed by atoms with van der Waals surface area (Å²) in [5.74, 6) is -0.377. The van der Waals surface area contributed by atoms with Crippen LogP contribution >= 0.6 is 23.5 Å². The van der Waals surface area contributed by atoms with Crippen LogP contribution < -0.4 is 10.0 Å². The number of anilines is 2. The third kappa shape index (κ3) is 6.06. The van der Waals surface area contributed by atoms with E-state index in [1.165, 1.54) is 29.6 Å². The van der Waals surface area contributed by atoms with Gasteiger partial charge in [0.2, 0.25) is 5.91 Å². The average molecular weight is 473 g/mol. The maximum Gasteiger partial charge on any atom is 0.262 e. The molecule has 0 aromatic heterocycles. The number of sulfonamides is 1. The van der Waals surface area contributed by atoms with E-state index in [0.29, 0.717) is 11.4 Å². The summed E-state index contributed by atoms with van der Waals surface area (Å²) in [6.07, 6.45) is 1.88. The first-order valence-corrected chi connectivity index (χ1v) is 13.2. The second kappa shape index (κ2) is 10.3. The molecule has 0 fully saturated rings. The Kier molecular flexibility index (Phi) is 7.69. The lowest BCUT2D eigenvalue weighted by molar-refractivity contribution is -0.118. The lowest BCUT2D eigenvalue weighted by atomic mass is 10.2. The molecule has 31 heavy (non-hydrogen) atoms. The highest BCUT2D eigenvalue weighted by Crippen LogP contribution is 2.35. The first kappa shape index (κ1) is 23.2. The van der Waals surface area contributed by atoms with Gasteiger partial charge in [-0.2, -0.15) is 0 Å². The van der Waals surface area contributed by atoms with Gasteiger partial charge in [0.05, 0.1) is 16.3 Å². The topological polar surface area (TPSA) is 75.3 Å². The zero-order valence-electron chi connectivity index (χ0n) is 17.5. The first-order chi connectivity index (χ1) is 14.8. The molecule has 0 aliphatic heterocycles. The quantitative estimate of drug-likeness (QED) is 0.396. The summed E-state index contributed by atoms with van der Waals surface area (Å²) >= 11 is 2.93. The van der Waals surface area contributed by atoms with Crippen molar-refractivity contribution in [1.29, 1.82) is 0 Å². The highest BCUT2D eigenvalue weighted by molar-refractivity contribution is 7.99. The van der Waals surface area contributed by atoms with Crippen molar-refractivity contribution in [3.05, 3.63) is 72.8 Å². The minimum atomic E-state index is -3.86. The molecule has 5 nitrogen and oxygen atoms in total. The second-order valence-corrected chi connectivity index (χ2v) is 10.7. The van der Waals surface area contributed by atoms with Crippen molar-refractivity contribution >= 4 is 50.8 Å². The van der Waals surface area contributed by atoms with Gasteiger partial charge in [-0.25, -0.2) is 8.42 Å². The van der Waals surface area contributed by atoms with E-state index in [4.69, 9.17) is 0 Å². The van der Waals surface area contributed by atoms with E-state index < -0.39 is 10.0 Å². The molecule has 0 aliphatic carbocycles. The molecule has 2 N–H and O–H groups in total. The Hall–Kier alpha value is -2.42. The fourth-order valence-electron chi connectivity index (χ4n) is 2.69. The lowest BCUT2D eigenvalue weighted by Crippen LogP contribution is -2.19. The Labute approximate surface area is 192 Å². The van der Waals surface area contributed by atoms with E-state index in [1.807, 2.05) is 48.7 Å². The van der Waals surface area contributed by atoms with Crippen LogP contribution in [0.5, 0.6) is 0 Å². The fraction of sp³-hybridized carbons (Fsp3) is 0.174. The van der Waals surface area contributed by atoms with Crippen molar-refractivity contribution in [2.24, 2.45) is 5.92 Å². The van der Waals surface area contributed by atoms with Crippen LogP contribution in [0.25, 0.3) is 0 Å². The number of amides is 1. The standard InChI is InChI=1S/C23H24N2O3S3/c1-16(2)23(26)24-20-15-18(13-14-21(20)29-3)31(27,28)25-19-11-7-8-12-22(19)30-17-9-5-4-6-10-17/h4-16,25H,1-3H3,(H,24,26). The molecule has 0 aliphatic rings. The SMILES string of the molecule is CSc1ccc(S(=O)(=O)Nc2ccccc2Sc2ccccc2)cc1NC(=O)C(C)C. The predicted octanol–water partition coefficient (Wildman–Crippen LogP) is 5.96. The van der Waals surface area contributed by atoms with Crippen molar-refractivity contribution in [1.82, 2.24) is 0 Å². The first-order valence-electron chi connectivity index (χ1n) is 9.64. The number of hydrogen-bond donors (Lipinski definition) is 2. The van der Waals surface area contributed by atoms with Gasteiger partial charge in [0.25, 0.3) is 10.0 Å². The van der Waals surface area contributed by atoms with Crippen LogP contribution in [0, 0.1) is 5.92 Å². The monoisotopic (exact) mass is 472 g/mol. The number of benzene rings is 3. The van der Waals surface area contributed by atoms with Crippen LogP contribution in [-0.4, -0.2) is 20.6 Å². The van der Waals surface area contributed by atoms with Gasteiger partial charge in [-0.15, -0.1) is 11.8 Å². The minimum absolute atomic E-state index is 0.0869. The molecule has 0 radical (unpaired) electrons. The summed E-state index contributed by atoms with van der Waals surface area (Å²) in [4.78, 5) is 14.9. The summed E-state index contributed by atoms with van der Waals surface area (Å²) in [6, 6.07) is 21.8. The van der Waals surface area contributed by atoms with E-state index in [1.54, 1.807) is 38.1 Å². The molecule has 0 bridgehead atoms. The van der Waals surface area contributed by atoms with E-state index in [-0.39, 0.29) is 16.7 Å². The molecule has 0 spiro atoms. The minimum Gasteiger partial charge on any atom is -0.325 e. The van der Waals surface area contributed by atoms with E-state index >= 15 is 0 Å². The van der Waals surface area contributed by atoms with Crippen LogP contribution in [0.1, 0.15) is 13.8 Å². The van der Waals surface area contributed by atoms with Crippen LogP contribution in [0.15, 0.2) is 92.4 Å². The number of nitrogens with one attached hydrogen (secondary N) is 2. The molecule has 0 atom stereocenters. The van der Waals surface area contributed by atoms with Gasteiger partial charge < -0.3 is 5.32 Å². The number of para-hydroxylation sites is 1. The predicted molar refractivity (Wildman–Crippen MR) is 130 cm³/mol. The molecule has 0 unspecified atom stereocenters.